The Labute approximate surface area is 112 Å². The van der Waals surface area contributed by atoms with E-state index < -0.39 is 0 Å². The molecule has 0 aliphatic heterocycles. The fourth-order valence-corrected chi connectivity index (χ4v) is 2.91. The average molecular weight is 264 g/mol. The van der Waals surface area contributed by atoms with Crippen molar-refractivity contribution in [2.24, 2.45) is 12.8 Å². The van der Waals surface area contributed by atoms with Crippen molar-refractivity contribution in [2.75, 3.05) is 13.6 Å². The van der Waals surface area contributed by atoms with Gasteiger partial charge in [0, 0.05) is 36.3 Å². The zero-order chi connectivity index (χ0) is 13.1. The molecule has 1 atom stereocenters. The molecule has 98 valence electrons. The van der Waals surface area contributed by atoms with Crippen LogP contribution in [0.4, 0.5) is 0 Å². The number of likely N-dealkylation sites (N-methyl/N-ethyl adjacent to an activating group) is 1. The molecule has 0 amide bonds. The Morgan fingerprint density at radius 1 is 1.56 bits per heavy atom. The van der Waals surface area contributed by atoms with E-state index >= 15 is 0 Å². The fraction of sp³-hybridized carbons (Fsp3) is 0.462. The van der Waals surface area contributed by atoms with Gasteiger partial charge in [0.1, 0.15) is 0 Å². The van der Waals surface area contributed by atoms with Gasteiger partial charge >= 0.3 is 0 Å². The van der Waals surface area contributed by atoms with Crippen LogP contribution >= 0.6 is 11.3 Å². The van der Waals surface area contributed by atoms with Crippen LogP contribution in [0.2, 0.25) is 0 Å². The fourth-order valence-electron chi connectivity index (χ4n) is 2.15. The van der Waals surface area contributed by atoms with Crippen LogP contribution in [-0.2, 0) is 13.6 Å². The van der Waals surface area contributed by atoms with Crippen LogP contribution in [0.25, 0.3) is 0 Å². The van der Waals surface area contributed by atoms with Gasteiger partial charge in [-0.3, -0.25) is 9.58 Å². The zero-order valence-electron chi connectivity index (χ0n) is 11.1. The van der Waals surface area contributed by atoms with Crippen LogP contribution in [0.1, 0.15) is 22.2 Å². The second-order valence-electron chi connectivity index (χ2n) is 4.55. The van der Waals surface area contributed by atoms with E-state index in [1.54, 1.807) is 11.3 Å². The number of hydrogen-bond donors (Lipinski definition) is 1. The lowest BCUT2D eigenvalue weighted by atomic mass is 10.1. The van der Waals surface area contributed by atoms with Gasteiger partial charge in [-0.15, -0.1) is 11.3 Å². The number of nitrogens with zero attached hydrogens (tertiary/aromatic N) is 3. The standard InChI is InChI=1S/C13H20N4S/c1-10-12(8-15-17(10)3)13(7-14)16(2)9-11-5-4-6-18-11/h4-6,8,13H,7,9,14H2,1-3H3. The minimum Gasteiger partial charge on any atom is -0.329 e. The summed E-state index contributed by atoms with van der Waals surface area (Å²) in [6.45, 7) is 3.62. The summed E-state index contributed by atoms with van der Waals surface area (Å²) in [6.07, 6.45) is 1.93. The Hall–Kier alpha value is -1.17. The summed E-state index contributed by atoms with van der Waals surface area (Å²) in [5.41, 5.74) is 8.34. The molecule has 2 rings (SSSR count). The zero-order valence-corrected chi connectivity index (χ0v) is 11.9. The Bertz CT molecular complexity index is 489. The summed E-state index contributed by atoms with van der Waals surface area (Å²) in [4.78, 5) is 3.65. The van der Waals surface area contributed by atoms with Crippen molar-refractivity contribution >= 4 is 11.3 Å². The second-order valence-corrected chi connectivity index (χ2v) is 5.59. The number of hydrogen-bond acceptors (Lipinski definition) is 4. The van der Waals surface area contributed by atoms with Crippen molar-refractivity contribution in [1.29, 1.82) is 0 Å². The maximum absolute atomic E-state index is 5.94. The van der Waals surface area contributed by atoms with Crippen LogP contribution < -0.4 is 5.73 Å². The van der Waals surface area contributed by atoms with Gasteiger partial charge in [0.25, 0.3) is 0 Å². The monoisotopic (exact) mass is 264 g/mol. The lowest BCUT2D eigenvalue weighted by Gasteiger charge is -2.26. The summed E-state index contributed by atoms with van der Waals surface area (Å²) in [6, 6.07) is 4.46. The molecule has 1 unspecified atom stereocenters. The van der Waals surface area contributed by atoms with Crippen molar-refractivity contribution in [1.82, 2.24) is 14.7 Å². The molecule has 2 N–H and O–H groups in total. The van der Waals surface area contributed by atoms with E-state index in [1.165, 1.54) is 16.1 Å². The SMILES string of the molecule is Cc1c(C(CN)N(C)Cc2cccs2)cnn1C. The minimum atomic E-state index is 0.223. The molecule has 5 heteroatoms. The predicted octanol–water partition coefficient (Wildman–Crippen LogP) is 1.92. The van der Waals surface area contributed by atoms with E-state index in [4.69, 9.17) is 5.73 Å². The third-order valence-electron chi connectivity index (χ3n) is 3.37. The van der Waals surface area contributed by atoms with Crippen molar-refractivity contribution in [3.63, 3.8) is 0 Å². The Kier molecular flexibility index (Phi) is 4.16. The molecule has 0 aliphatic rings. The van der Waals surface area contributed by atoms with Gasteiger partial charge in [-0.05, 0) is 25.4 Å². The van der Waals surface area contributed by atoms with Crippen LogP contribution in [0, 0.1) is 6.92 Å². The van der Waals surface area contributed by atoms with E-state index in [1.807, 2.05) is 17.9 Å². The Balaban J connectivity index is 2.15. The first kappa shape index (κ1) is 13.3. The average Bonchev–Trinajstić information content (AvgIpc) is 2.95. The van der Waals surface area contributed by atoms with E-state index in [0.717, 1.165) is 6.54 Å². The number of aryl methyl sites for hydroxylation is 1. The summed E-state index contributed by atoms with van der Waals surface area (Å²) >= 11 is 1.78. The maximum atomic E-state index is 5.94. The number of aromatic nitrogens is 2. The minimum absolute atomic E-state index is 0.223. The molecule has 0 fully saturated rings. The highest BCUT2D eigenvalue weighted by Crippen LogP contribution is 2.23. The van der Waals surface area contributed by atoms with Gasteiger partial charge < -0.3 is 5.73 Å². The molecule has 0 radical (unpaired) electrons. The number of thiophene rings is 1. The Morgan fingerprint density at radius 2 is 2.33 bits per heavy atom. The molecule has 0 saturated heterocycles. The van der Waals surface area contributed by atoms with Crippen LogP contribution in [0.5, 0.6) is 0 Å². The number of rotatable bonds is 5. The highest BCUT2D eigenvalue weighted by molar-refractivity contribution is 7.09. The Morgan fingerprint density at radius 3 is 2.83 bits per heavy atom. The van der Waals surface area contributed by atoms with Crippen molar-refractivity contribution in [3.05, 3.63) is 39.8 Å². The smallest absolute Gasteiger partial charge is 0.0540 e. The third-order valence-corrected chi connectivity index (χ3v) is 4.23. The first-order chi connectivity index (χ1) is 8.63. The molecule has 18 heavy (non-hydrogen) atoms. The van der Waals surface area contributed by atoms with E-state index in [0.29, 0.717) is 6.54 Å². The summed E-state index contributed by atoms with van der Waals surface area (Å²) < 4.78 is 1.90. The summed E-state index contributed by atoms with van der Waals surface area (Å²) in [7, 11) is 4.08. The van der Waals surface area contributed by atoms with Crippen LogP contribution in [-0.4, -0.2) is 28.3 Å². The van der Waals surface area contributed by atoms with Gasteiger partial charge in [-0.2, -0.15) is 5.10 Å². The molecule has 4 nitrogen and oxygen atoms in total. The largest absolute Gasteiger partial charge is 0.329 e. The lowest BCUT2D eigenvalue weighted by molar-refractivity contribution is 0.243. The van der Waals surface area contributed by atoms with Crippen molar-refractivity contribution in [3.8, 4) is 0 Å². The quantitative estimate of drug-likeness (QED) is 0.897. The predicted molar refractivity (Wildman–Crippen MR) is 75.5 cm³/mol. The van der Waals surface area contributed by atoms with E-state index in [2.05, 4.69) is 41.5 Å². The molecule has 0 saturated carbocycles. The maximum Gasteiger partial charge on any atom is 0.0540 e. The first-order valence-corrected chi connectivity index (χ1v) is 6.92. The number of nitrogens with two attached hydrogens (primary N) is 1. The summed E-state index contributed by atoms with van der Waals surface area (Å²) in [5.74, 6) is 0. The van der Waals surface area contributed by atoms with Gasteiger partial charge in [0.2, 0.25) is 0 Å². The molecular formula is C13H20N4S. The molecule has 0 bridgehead atoms. The molecule has 0 aliphatic carbocycles. The van der Waals surface area contributed by atoms with Gasteiger partial charge in [0.05, 0.1) is 12.2 Å². The highest BCUT2D eigenvalue weighted by atomic mass is 32.1. The van der Waals surface area contributed by atoms with Crippen molar-refractivity contribution < 1.29 is 0 Å². The van der Waals surface area contributed by atoms with Gasteiger partial charge in [-0.1, -0.05) is 6.07 Å². The molecule has 0 aromatic carbocycles. The molecule has 2 aromatic heterocycles. The lowest BCUT2D eigenvalue weighted by Crippen LogP contribution is -2.30. The molecule has 0 spiro atoms. The third kappa shape index (κ3) is 2.63. The first-order valence-electron chi connectivity index (χ1n) is 6.04. The highest BCUT2D eigenvalue weighted by Gasteiger charge is 2.20. The van der Waals surface area contributed by atoms with Gasteiger partial charge in [0.15, 0.2) is 0 Å². The summed E-state index contributed by atoms with van der Waals surface area (Å²) in [5, 5.41) is 6.41. The second kappa shape index (κ2) is 5.65. The normalized spacial score (nSPS) is 13.2. The van der Waals surface area contributed by atoms with Crippen molar-refractivity contribution in [2.45, 2.75) is 19.5 Å². The molecule has 2 heterocycles. The van der Waals surface area contributed by atoms with E-state index in [9.17, 15) is 0 Å². The van der Waals surface area contributed by atoms with Crippen LogP contribution in [0.3, 0.4) is 0 Å². The van der Waals surface area contributed by atoms with E-state index in [-0.39, 0.29) is 6.04 Å². The van der Waals surface area contributed by atoms with Crippen LogP contribution in [0.15, 0.2) is 23.7 Å². The van der Waals surface area contributed by atoms with Gasteiger partial charge in [-0.25, -0.2) is 0 Å². The topological polar surface area (TPSA) is 47.1 Å². The molecular weight excluding hydrogens is 244 g/mol. The molecule has 2 aromatic rings.